The Labute approximate surface area is 151 Å². The van der Waals surface area contributed by atoms with Crippen LogP contribution in [0.25, 0.3) is 0 Å². The third-order valence-corrected chi connectivity index (χ3v) is 6.44. The van der Waals surface area contributed by atoms with Crippen molar-refractivity contribution in [1.29, 1.82) is 0 Å². The predicted molar refractivity (Wildman–Crippen MR) is 104 cm³/mol. The molecule has 0 saturated carbocycles. The summed E-state index contributed by atoms with van der Waals surface area (Å²) in [5, 5.41) is 3.66. The Morgan fingerprint density at radius 3 is 1.83 bits per heavy atom. The summed E-state index contributed by atoms with van der Waals surface area (Å²) in [6.07, 6.45) is 1.14. The predicted octanol–water partition coefficient (Wildman–Crippen LogP) is 3.84. The van der Waals surface area contributed by atoms with Gasteiger partial charge in [-0.05, 0) is 0 Å². The second-order valence-corrected chi connectivity index (χ2v) is 8.74. The molecule has 0 aliphatic heterocycles. The van der Waals surface area contributed by atoms with E-state index in [1.807, 2.05) is 0 Å². The van der Waals surface area contributed by atoms with E-state index in [-0.39, 0.29) is 0 Å². The Balaban J connectivity index is 1.60. The summed E-state index contributed by atoms with van der Waals surface area (Å²) in [7, 11) is 0. The van der Waals surface area contributed by atoms with Crippen LogP contribution in [0.2, 0.25) is 4.82 Å². The maximum absolute atomic E-state index is 3.66. The summed E-state index contributed by atoms with van der Waals surface area (Å²) in [6, 6.07) is 32.4. The summed E-state index contributed by atoms with van der Waals surface area (Å²) in [5.74, 6) is 0. The Bertz CT molecular complexity index is 656. The van der Waals surface area contributed by atoms with E-state index in [1.54, 1.807) is 0 Å². The Hall–Kier alpha value is -1.86. The van der Waals surface area contributed by atoms with Gasteiger partial charge in [0.15, 0.2) is 0 Å². The van der Waals surface area contributed by atoms with E-state index in [9.17, 15) is 0 Å². The molecule has 0 radical (unpaired) electrons. The van der Waals surface area contributed by atoms with Crippen molar-refractivity contribution in [3.8, 4) is 0 Å². The maximum atomic E-state index is 3.66. The molecule has 0 saturated heterocycles. The number of hydrogen-bond donors (Lipinski definition) is 1. The van der Waals surface area contributed by atoms with Crippen molar-refractivity contribution in [2.45, 2.75) is 17.8 Å². The first-order valence-corrected chi connectivity index (χ1v) is 10.2. The molecule has 0 heterocycles. The average molecular weight is 380 g/mol. The topological polar surface area (TPSA) is 12.0 Å². The molecule has 1 atom stereocenters. The van der Waals surface area contributed by atoms with Crippen LogP contribution in [0.5, 0.6) is 0 Å². The zero-order chi connectivity index (χ0) is 16.5. The van der Waals surface area contributed by atoms with Crippen LogP contribution in [0, 0.1) is 0 Å². The molecule has 0 aliphatic rings. The van der Waals surface area contributed by atoms with Crippen LogP contribution in [0.1, 0.15) is 11.1 Å². The van der Waals surface area contributed by atoms with Gasteiger partial charge in [0.05, 0.1) is 0 Å². The van der Waals surface area contributed by atoms with E-state index < -0.39 is 0 Å². The van der Waals surface area contributed by atoms with Crippen LogP contribution < -0.4 is 9.78 Å². The molecule has 3 aromatic carbocycles. The van der Waals surface area contributed by atoms with E-state index in [1.165, 1.54) is 15.6 Å². The van der Waals surface area contributed by atoms with Crippen LogP contribution >= 0.6 is 0 Å². The quantitative estimate of drug-likeness (QED) is 0.586. The van der Waals surface area contributed by atoms with Gasteiger partial charge in [0.2, 0.25) is 0 Å². The fraction of sp³-hybridized carbons (Fsp3) is 0.182. The molecular weight excluding hydrogens is 357 g/mol. The van der Waals surface area contributed by atoms with E-state index in [0.29, 0.717) is 19.8 Å². The molecule has 0 aromatic heterocycles. The third kappa shape index (κ3) is 5.65. The van der Waals surface area contributed by atoms with Crippen molar-refractivity contribution in [3.05, 3.63) is 102 Å². The van der Waals surface area contributed by atoms with Crippen molar-refractivity contribution in [3.63, 3.8) is 0 Å². The standard InChI is InChI=1S/C22H23NSe/c1-4-10-19(11-5-1)16-22(24-21-14-8-3-9-15-21)18-23-17-20-12-6-2-7-13-20/h1-15,22-23H,16-18H2. The molecule has 0 spiro atoms. The first-order valence-electron chi connectivity index (χ1n) is 8.40. The summed E-state index contributed by atoms with van der Waals surface area (Å²) < 4.78 is 1.48. The molecule has 122 valence electrons. The molecule has 3 aromatic rings. The van der Waals surface area contributed by atoms with Gasteiger partial charge in [0, 0.05) is 0 Å². The second kappa shape index (κ2) is 9.44. The zero-order valence-electron chi connectivity index (χ0n) is 13.8. The van der Waals surface area contributed by atoms with Gasteiger partial charge in [0.25, 0.3) is 0 Å². The normalized spacial score (nSPS) is 12.0. The molecule has 24 heavy (non-hydrogen) atoms. The monoisotopic (exact) mass is 381 g/mol. The van der Waals surface area contributed by atoms with Crippen LogP contribution in [0.4, 0.5) is 0 Å². The first kappa shape index (κ1) is 17.0. The van der Waals surface area contributed by atoms with Gasteiger partial charge in [-0.2, -0.15) is 0 Å². The van der Waals surface area contributed by atoms with Gasteiger partial charge < -0.3 is 0 Å². The van der Waals surface area contributed by atoms with Crippen molar-refractivity contribution < 1.29 is 0 Å². The molecule has 3 rings (SSSR count). The fourth-order valence-corrected chi connectivity index (χ4v) is 5.16. The summed E-state index contributed by atoms with van der Waals surface area (Å²) in [5.41, 5.74) is 2.78. The Morgan fingerprint density at radius 1 is 0.667 bits per heavy atom. The van der Waals surface area contributed by atoms with Crippen molar-refractivity contribution >= 4 is 19.4 Å². The molecule has 2 heteroatoms. The van der Waals surface area contributed by atoms with E-state index >= 15 is 0 Å². The SMILES string of the molecule is c1ccc(CNCC(Cc2ccccc2)[Se]c2ccccc2)cc1. The van der Waals surface area contributed by atoms with Gasteiger partial charge >= 0.3 is 151 Å². The van der Waals surface area contributed by atoms with Crippen molar-refractivity contribution in [2.24, 2.45) is 0 Å². The molecule has 0 aliphatic carbocycles. The van der Waals surface area contributed by atoms with E-state index in [0.717, 1.165) is 19.5 Å². The second-order valence-electron chi connectivity index (χ2n) is 5.86. The number of nitrogens with one attached hydrogen (secondary N) is 1. The zero-order valence-corrected chi connectivity index (χ0v) is 15.5. The van der Waals surface area contributed by atoms with Crippen LogP contribution in [-0.2, 0) is 13.0 Å². The van der Waals surface area contributed by atoms with Gasteiger partial charge in [0.1, 0.15) is 0 Å². The van der Waals surface area contributed by atoms with Gasteiger partial charge in [-0.25, -0.2) is 0 Å². The first-order chi connectivity index (χ1) is 11.9. The van der Waals surface area contributed by atoms with Gasteiger partial charge in [-0.1, -0.05) is 0 Å². The summed E-state index contributed by atoms with van der Waals surface area (Å²) in [4.78, 5) is 0.658. The van der Waals surface area contributed by atoms with E-state index in [4.69, 9.17) is 0 Å². The molecule has 1 N–H and O–H groups in total. The average Bonchev–Trinajstić information content (AvgIpc) is 2.64. The molecule has 0 amide bonds. The number of rotatable bonds is 8. The van der Waals surface area contributed by atoms with Gasteiger partial charge in [-0.3, -0.25) is 0 Å². The fourth-order valence-electron chi connectivity index (χ4n) is 2.70. The number of hydrogen-bond acceptors (Lipinski definition) is 1. The Morgan fingerprint density at radius 2 is 1.21 bits per heavy atom. The minimum absolute atomic E-state index is 0.473. The molecule has 0 fully saturated rings. The molecule has 1 nitrogen and oxygen atoms in total. The Kier molecular flexibility index (Phi) is 6.68. The molecule has 0 bridgehead atoms. The number of benzene rings is 3. The molecule has 1 unspecified atom stereocenters. The molecular formula is C22H23NSe. The van der Waals surface area contributed by atoms with Crippen molar-refractivity contribution in [1.82, 2.24) is 5.32 Å². The van der Waals surface area contributed by atoms with Crippen LogP contribution in [0.15, 0.2) is 91.0 Å². The third-order valence-electron chi connectivity index (χ3n) is 3.90. The van der Waals surface area contributed by atoms with Crippen LogP contribution in [-0.4, -0.2) is 21.5 Å². The summed E-state index contributed by atoms with van der Waals surface area (Å²) >= 11 is 0.473. The summed E-state index contributed by atoms with van der Waals surface area (Å²) in [6.45, 7) is 2.00. The minimum atomic E-state index is 0.473. The van der Waals surface area contributed by atoms with Gasteiger partial charge in [-0.15, -0.1) is 0 Å². The van der Waals surface area contributed by atoms with Crippen molar-refractivity contribution in [2.75, 3.05) is 6.54 Å². The van der Waals surface area contributed by atoms with E-state index in [2.05, 4.69) is 96.3 Å². The van der Waals surface area contributed by atoms with Crippen LogP contribution in [0.3, 0.4) is 0 Å².